The van der Waals surface area contributed by atoms with E-state index >= 15 is 0 Å². The Bertz CT molecular complexity index is 488. The highest BCUT2D eigenvalue weighted by molar-refractivity contribution is 9.12. The average Bonchev–Trinajstić information content (AvgIpc) is 2.45. The third kappa shape index (κ3) is 1.90. The summed E-state index contributed by atoms with van der Waals surface area (Å²) in [5.41, 5.74) is 1.51. The molecule has 2 nitrogen and oxygen atoms in total. The molecule has 1 aromatic heterocycles. The van der Waals surface area contributed by atoms with E-state index in [0.717, 1.165) is 20.6 Å². The molecule has 3 heteroatoms. The van der Waals surface area contributed by atoms with Gasteiger partial charge < -0.3 is 4.98 Å². The number of allylic oxidation sites excluding steroid dienone is 1. The van der Waals surface area contributed by atoms with Gasteiger partial charge >= 0.3 is 0 Å². The van der Waals surface area contributed by atoms with Gasteiger partial charge in [-0.05, 0) is 18.6 Å². The van der Waals surface area contributed by atoms with Gasteiger partial charge in [0.15, 0.2) is 0 Å². The molecule has 13 heavy (non-hydrogen) atoms. The minimum absolute atomic E-state index is 0.521. The molecule has 1 rings (SSSR count). The van der Waals surface area contributed by atoms with Crippen molar-refractivity contribution >= 4 is 28.1 Å². The average molecular weight is 237 g/mol. The number of nitrogens with zero attached hydrogens (tertiary/aromatic N) is 1. The summed E-state index contributed by atoms with van der Waals surface area (Å²) < 4.78 is 0.806. The van der Waals surface area contributed by atoms with Crippen LogP contribution >= 0.6 is 15.9 Å². The van der Waals surface area contributed by atoms with Crippen LogP contribution in [0.4, 0.5) is 0 Å². The fraction of sp³-hybridized carbons (Fsp3) is 0.100. The minimum Gasteiger partial charge on any atom is -0.347 e. The second-order valence-electron chi connectivity index (χ2n) is 2.72. The Morgan fingerprint density at radius 3 is 2.69 bits per heavy atom. The molecule has 0 saturated heterocycles. The molecule has 0 bridgehead atoms. The third-order valence-corrected chi connectivity index (χ3v) is 2.43. The lowest BCUT2D eigenvalue weighted by molar-refractivity contribution is 1.27. The fourth-order valence-corrected chi connectivity index (χ4v) is 1.25. The van der Waals surface area contributed by atoms with Gasteiger partial charge in [0.2, 0.25) is 0 Å². The van der Waals surface area contributed by atoms with E-state index in [2.05, 4.69) is 34.1 Å². The highest BCUT2D eigenvalue weighted by atomic mass is 79.9. The Balaban J connectivity index is 3.57. The monoisotopic (exact) mass is 236 g/mol. The predicted molar refractivity (Wildman–Crippen MR) is 57.4 cm³/mol. The molecule has 0 aliphatic carbocycles. The Morgan fingerprint density at radius 2 is 2.31 bits per heavy atom. The number of rotatable bonds is 1. The second-order valence-corrected chi connectivity index (χ2v) is 3.67. The van der Waals surface area contributed by atoms with Crippen LogP contribution in [0.25, 0.3) is 12.2 Å². The summed E-state index contributed by atoms with van der Waals surface area (Å²) in [5.74, 6) is 0. The van der Waals surface area contributed by atoms with Crippen molar-refractivity contribution in [2.75, 3.05) is 0 Å². The normalized spacial score (nSPS) is 12.1. The van der Waals surface area contributed by atoms with Crippen molar-refractivity contribution in [2.24, 2.45) is 0 Å². The van der Waals surface area contributed by atoms with Crippen LogP contribution in [-0.4, -0.2) is 4.98 Å². The molecule has 0 radical (unpaired) electrons. The first-order valence-electron chi connectivity index (χ1n) is 3.70. The van der Waals surface area contributed by atoms with Gasteiger partial charge in [-0.15, -0.1) is 0 Å². The van der Waals surface area contributed by atoms with E-state index in [4.69, 9.17) is 5.26 Å². The lowest BCUT2D eigenvalue weighted by atomic mass is 10.2. The van der Waals surface area contributed by atoms with Crippen molar-refractivity contribution in [2.45, 2.75) is 6.92 Å². The number of aromatic amines is 1. The molecule has 0 aromatic carbocycles. The van der Waals surface area contributed by atoms with Gasteiger partial charge in [-0.3, -0.25) is 0 Å². The Hall–Kier alpha value is -1.27. The van der Waals surface area contributed by atoms with Crippen molar-refractivity contribution < 1.29 is 0 Å². The highest BCUT2D eigenvalue weighted by Gasteiger charge is 1.98. The lowest BCUT2D eigenvalue weighted by Crippen LogP contribution is -2.22. The Kier molecular flexibility index (Phi) is 2.74. The van der Waals surface area contributed by atoms with E-state index in [1.54, 1.807) is 6.07 Å². The summed E-state index contributed by atoms with van der Waals surface area (Å²) in [6, 6.07) is 3.80. The largest absolute Gasteiger partial charge is 0.347 e. The molecule has 0 unspecified atom stereocenters. The van der Waals surface area contributed by atoms with Gasteiger partial charge in [0.25, 0.3) is 0 Å². The number of halogens is 1. The zero-order valence-electron chi connectivity index (χ0n) is 7.32. The van der Waals surface area contributed by atoms with Gasteiger partial charge in [-0.2, -0.15) is 5.26 Å². The molecular formula is C10H9BrN2. The van der Waals surface area contributed by atoms with Crippen LogP contribution in [-0.2, 0) is 0 Å². The van der Waals surface area contributed by atoms with Gasteiger partial charge in [-0.1, -0.05) is 29.1 Å². The summed E-state index contributed by atoms with van der Waals surface area (Å²) in [4.78, 5) is 2.88. The summed E-state index contributed by atoms with van der Waals surface area (Å²) in [5, 5.41) is 10.3. The van der Waals surface area contributed by atoms with Crippen LogP contribution in [0.15, 0.2) is 17.1 Å². The van der Waals surface area contributed by atoms with Crippen LogP contribution < -0.4 is 10.6 Å². The number of nitrogens with one attached hydrogen (secondary N) is 1. The molecule has 0 aliphatic rings. The van der Waals surface area contributed by atoms with Crippen LogP contribution in [0, 0.1) is 11.3 Å². The Morgan fingerprint density at radius 1 is 1.69 bits per heavy atom. The molecule has 0 spiro atoms. The number of hydrogen-bond donors (Lipinski definition) is 1. The van der Waals surface area contributed by atoms with Crippen LogP contribution in [0.2, 0.25) is 0 Å². The van der Waals surface area contributed by atoms with Crippen molar-refractivity contribution in [3.8, 4) is 6.07 Å². The summed E-state index contributed by atoms with van der Waals surface area (Å²) in [6.45, 7) is 9.49. The van der Waals surface area contributed by atoms with E-state index in [1.165, 1.54) is 0 Å². The predicted octanol–water partition coefficient (Wildman–Crippen LogP) is 1.38. The topological polar surface area (TPSA) is 39.6 Å². The molecule has 1 aromatic rings. The van der Waals surface area contributed by atoms with Crippen LogP contribution in [0.3, 0.4) is 0 Å². The highest BCUT2D eigenvalue weighted by Crippen LogP contribution is 2.12. The smallest absolute Gasteiger partial charge is 0.118 e. The first kappa shape index (κ1) is 9.82. The van der Waals surface area contributed by atoms with Crippen molar-refractivity contribution in [1.29, 1.82) is 5.26 Å². The summed E-state index contributed by atoms with van der Waals surface area (Å²) in [7, 11) is 0. The zero-order valence-corrected chi connectivity index (χ0v) is 8.90. The minimum atomic E-state index is 0.521. The molecule has 0 amide bonds. The molecule has 66 valence electrons. The van der Waals surface area contributed by atoms with E-state index in [-0.39, 0.29) is 0 Å². The first-order chi connectivity index (χ1) is 6.06. The SMILES string of the molecule is C=C(Br)/C(C)=c1/cc(C#N)[nH]c1=C. The molecule has 0 atom stereocenters. The van der Waals surface area contributed by atoms with E-state index in [1.807, 2.05) is 13.0 Å². The summed E-state index contributed by atoms with van der Waals surface area (Å²) in [6.07, 6.45) is 0. The van der Waals surface area contributed by atoms with Crippen LogP contribution in [0.5, 0.6) is 0 Å². The molecule has 1 heterocycles. The van der Waals surface area contributed by atoms with Crippen LogP contribution in [0.1, 0.15) is 12.6 Å². The van der Waals surface area contributed by atoms with Gasteiger partial charge in [0, 0.05) is 15.1 Å². The molecule has 0 fully saturated rings. The maximum absolute atomic E-state index is 8.64. The maximum Gasteiger partial charge on any atom is 0.118 e. The van der Waals surface area contributed by atoms with Gasteiger partial charge in [0.1, 0.15) is 11.8 Å². The fourth-order valence-electron chi connectivity index (χ4n) is 1.04. The van der Waals surface area contributed by atoms with Crippen molar-refractivity contribution in [3.05, 3.63) is 33.4 Å². The number of nitriles is 1. The Labute approximate surface area is 85.0 Å². The zero-order chi connectivity index (χ0) is 10.0. The number of H-pyrrole nitrogens is 1. The van der Waals surface area contributed by atoms with Gasteiger partial charge in [0.05, 0.1) is 0 Å². The van der Waals surface area contributed by atoms with Gasteiger partial charge in [-0.25, -0.2) is 0 Å². The maximum atomic E-state index is 8.64. The lowest BCUT2D eigenvalue weighted by Gasteiger charge is -1.92. The van der Waals surface area contributed by atoms with Crippen molar-refractivity contribution in [3.63, 3.8) is 0 Å². The third-order valence-electron chi connectivity index (χ3n) is 1.83. The van der Waals surface area contributed by atoms with E-state index in [9.17, 15) is 0 Å². The summed E-state index contributed by atoms with van der Waals surface area (Å²) >= 11 is 3.29. The quantitative estimate of drug-likeness (QED) is 0.787. The van der Waals surface area contributed by atoms with Crippen molar-refractivity contribution in [1.82, 2.24) is 4.98 Å². The van der Waals surface area contributed by atoms with E-state index in [0.29, 0.717) is 5.69 Å². The number of hydrogen-bond acceptors (Lipinski definition) is 1. The molecule has 0 aliphatic heterocycles. The molecular weight excluding hydrogens is 228 g/mol. The second kappa shape index (κ2) is 3.63. The number of aromatic nitrogens is 1. The van der Waals surface area contributed by atoms with E-state index < -0.39 is 0 Å². The molecule has 0 saturated carbocycles. The first-order valence-corrected chi connectivity index (χ1v) is 4.49. The molecule has 1 N–H and O–H groups in total. The standard InChI is InChI=1S/C10H9BrN2/c1-6(7(2)11)10-4-9(5-12)13-8(10)3/h4,13H,2-3H2,1H3/b10-6-.